The second-order valence-corrected chi connectivity index (χ2v) is 5.56. The van der Waals surface area contributed by atoms with Crippen LogP contribution >= 0.6 is 11.6 Å². The Morgan fingerprint density at radius 2 is 1.84 bits per heavy atom. The Hall–Kier alpha value is -1.41. The summed E-state index contributed by atoms with van der Waals surface area (Å²) in [5.74, 6) is 0.693. The number of hydrogen-bond donors (Lipinski definition) is 0. The van der Waals surface area contributed by atoms with Crippen LogP contribution in [0.15, 0.2) is 36.7 Å². The lowest BCUT2D eigenvalue weighted by molar-refractivity contribution is 0.725. The molecule has 19 heavy (non-hydrogen) atoms. The summed E-state index contributed by atoms with van der Waals surface area (Å²) in [6.45, 7) is 6.40. The van der Waals surface area contributed by atoms with E-state index in [1.165, 1.54) is 0 Å². The molecule has 2 heterocycles. The fraction of sp³-hybridized carbons (Fsp3) is 0.375. The van der Waals surface area contributed by atoms with Gasteiger partial charge in [0.25, 0.3) is 0 Å². The fourth-order valence-corrected chi connectivity index (χ4v) is 2.57. The van der Waals surface area contributed by atoms with Gasteiger partial charge in [0, 0.05) is 24.0 Å². The molecule has 1 unspecified atom stereocenters. The van der Waals surface area contributed by atoms with Gasteiger partial charge in [0.2, 0.25) is 0 Å². The van der Waals surface area contributed by atoms with E-state index in [-0.39, 0.29) is 0 Å². The van der Waals surface area contributed by atoms with Crippen molar-refractivity contribution in [3.05, 3.63) is 58.6 Å². The molecule has 0 aliphatic carbocycles. The standard InChI is InChI=1S/C16H19ClN2/c1-11(2)16-15(17)13(7-9-19-16)10-12(3)14-6-4-5-8-18-14/h4-9,11-12H,10H2,1-3H3. The molecule has 0 aliphatic heterocycles. The molecule has 3 heteroatoms. The van der Waals surface area contributed by atoms with Crippen molar-refractivity contribution in [3.63, 3.8) is 0 Å². The van der Waals surface area contributed by atoms with Gasteiger partial charge in [0.1, 0.15) is 0 Å². The van der Waals surface area contributed by atoms with E-state index < -0.39 is 0 Å². The van der Waals surface area contributed by atoms with Gasteiger partial charge < -0.3 is 0 Å². The molecule has 0 saturated carbocycles. The minimum atomic E-state index is 0.345. The third-order valence-electron chi connectivity index (χ3n) is 3.26. The zero-order valence-corrected chi connectivity index (χ0v) is 12.4. The quantitative estimate of drug-likeness (QED) is 0.814. The number of hydrogen-bond acceptors (Lipinski definition) is 2. The summed E-state index contributed by atoms with van der Waals surface area (Å²) in [5, 5.41) is 0.806. The first kappa shape index (κ1) is 14.0. The van der Waals surface area contributed by atoms with Crippen LogP contribution in [0, 0.1) is 0 Å². The van der Waals surface area contributed by atoms with Gasteiger partial charge in [-0.25, -0.2) is 0 Å². The van der Waals surface area contributed by atoms with Gasteiger partial charge in [-0.2, -0.15) is 0 Å². The van der Waals surface area contributed by atoms with Crippen LogP contribution in [0.2, 0.25) is 5.02 Å². The minimum Gasteiger partial charge on any atom is -0.261 e. The smallest absolute Gasteiger partial charge is 0.0656 e. The summed E-state index contributed by atoms with van der Waals surface area (Å²) in [7, 11) is 0. The summed E-state index contributed by atoms with van der Waals surface area (Å²) in [4.78, 5) is 8.77. The lowest BCUT2D eigenvalue weighted by Gasteiger charge is -2.15. The molecular weight excluding hydrogens is 256 g/mol. The average Bonchev–Trinajstić information content (AvgIpc) is 2.41. The van der Waals surface area contributed by atoms with Crippen molar-refractivity contribution in [2.75, 3.05) is 0 Å². The second kappa shape index (κ2) is 6.16. The Morgan fingerprint density at radius 1 is 1.05 bits per heavy atom. The zero-order valence-electron chi connectivity index (χ0n) is 11.6. The molecule has 0 N–H and O–H groups in total. The van der Waals surface area contributed by atoms with Crippen molar-refractivity contribution >= 4 is 11.6 Å². The van der Waals surface area contributed by atoms with Crippen molar-refractivity contribution in [3.8, 4) is 0 Å². The average molecular weight is 275 g/mol. The van der Waals surface area contributed by atoms with Crippen molar-refractivity contribution in [2.45, 2.75) is 39.0 Å². The maximum Gasteiger partial charge on any atom is 0.0656 e. The van der Waals surface area contributed by atoms with Gasteiger partial charge in [0.15, 0.2) is 0 Å². The molecular formula is C16H19ClN2. The van der Waals surface area contributed by atoms with Gasteiger partial charge >= 0.3 is 0 Å². The maximum atomic E-state index is 6.45. The number of pyridine rings is 2. The monoisotopic (exact) mass is 274 g/mol. The van der Waals surface area contributed by atoms with Crippen LogP contribution in [0.4, 0.5) is 0 Å². The lowest BCUT2D eigenvalue weighted by atomic mass is 9.96. The summed E-state index contributed by atoms with van der Waals surface area (Å²) < 4.78 is 0. The van der Waals surface area contributed by atoms with Crippen molar-refractivity contribution in [2.24, 2.45) is 0 Å². The summed E-state index contributed by atoms with van der Waals surface area (Å²) in [6.07, 6.45) is 4.57. The molecule has 0 amide bonds. The number of rotatable bonds is 4. The zero-order chi connectivity index (χ0) is 13.8. The predicted octanol–water partition coefficient (Wildman–Crippen LogP) is 4.60. The Labute approximate surface area is 119 Å². The summed E-state index contributed by atoms with van der Waals surface area (Å²) >= 11 is 6.45. The van der Waals surface area contributed by atoms with Gasteiger partial charge in [-0.05, 0) is 36.1 Å². The van der Waals surface area contributed by atoms with E-state index in [1.54, 1.807) is 0 Å². The van der Waals surface area contributed by atoms with Gasteiger partial charge in [-0.1, -0.05) is 38.4 Å². The van der Waals surface area contributed by atoms with Gasteiger partial charge in [-0.15, -0.1) is 0 Å². The Balaban J connectivity index is 2.22. The van der Waals surface area contributed by atoms with Gasteiger partial charge in [0.05, 0.1) is 10.7 Å². The van der Waals surface area contributed by atoms with Gasteiger partial charge in [-0.3, -0.25) is 9.97 Å². The van der Waals surface area contributed by atoms with E-state index in [9.17, 15) is 0 Å². The van der Waals surface area contributed by atoms with E-state index >= 15 is 0 Å². The van der Waals surface area contributed by atoms with E-state index in [0.717, 1.165) is 28.4 Å². The normalized spacial score (nSPS) is 12.7. The number of halogens is 1. The minimum absolute atomic E-state index is 0.345. The number of nitrogens with zero attached hydrogens (tertiary/aromatic N) is 2. The molecule has 2 aromatic rings. The highest BCUT2D eigenvalue weighted by atomic mass is 35.5. The molecule has 0 saturated heterocycles. The predicted molar refractivity (Wildman–Crippen MR) is 79.7 cm³/mol. The molecule has 0 aromatic carbocycles. The van der Waals surface area contributed by atoms with Crippen molar-refractivity contribution < 1.29 is 0 Å². The largest absolute Gasteiger partial charge is 0.261 e. The first-order valence-electron chi connectivity index (χ1n) is 6.63. The van der Waals surface area contributed by atoms with Crippen molar-refractivity contribution in [1.82, 2.24) is 9.97 Å². The highest BCUT2D eigenvalue weighted by Crippen LogP contribution is 2.29. The van der Waals surface area contributed by atoms with E-state index in [4.69, 9.17) is 11.6 Å². The highest BCUT2D eigenvalue weighted by Gasteiger charge is 2.14. The first-order valence-corrected chi connectivity index (χ1v) is 7.01. The first-order chi connectivity index (χ1) is 9.09. The SMILES string of the molecule is CC(C)c1nccc(CC(C)c2ccccn2)c1Cl. The molecule has 2 nitrogen and oxygen atoms in total. The molecule has 0 fully saturated rings. The fourth-order valence-electron chi connectivity index (χ4n) is 2.16. The van der Waals surface area contributed by atoms with E-state index in [1.807, 2.05) is 30.6 Å². The molecule has 0 aliphatic rings. The van der Waals surface area contributed by atoms with E-state index in [2.05, 4.69) is 36.8 Å². The van der Waals surface area contributed by atoms with Crippen LogP contribution in [0.25, 0.3) is 0 Å². The van der Waals surface area contributed by atoms with Crippen LogP contribution in [0.3, 0.4) is 0 Å². The Bertz CT molecular complexity index is 538. The molecule has 2 rings (SSSR count). The second-order valence-electron chi connectivity index (χ2n) is 5.18. The van der Waals surface area contributed by atoms with Crippen LogP contribution < -0.4 is 0 Å². The molecule has 1 atom stereocenters. The summed E-state index contributed by atoms with van der Waals surface area (Å²) in [5.41, 5.74) is 3.23. The maximum absolute atomic E-state index is 6.45. The molecule has 0 radical (unpaired) electrons. The highest BCUT2D eigenvalue weighted by molar-refractivity contribution is 6.32. The molecule has 100 valence electrons. The van der Waals surface area contributed by atoms with Crippen molar-refractivity contribution in [1.29, 1.82) is 0 Å². The number of aromatic nitrogens is 2. The summed E-state index contributed by atoms with van der Waals surface area (Å²) in [6, 6.07) is 8.02. The molecule has 0 spiro atoms. The van der Waals surface area contributed by atoms with E-state index in [0.29, 0.717) is 11.8 Å². The molecule has 2 aromatic heterocycles. The lowest BCUT2D eigenvalue weighted by Crippen LogP contribution is -2.04. The third-order valence-corrected chi connectivity index (χ3v) is 3.70. The van der Waals surface area contributed by atoms with Crippen LogP contribution in [-0.4, -0.2) is 9.97 Å². The molecule has 0 bridgehead atoms. The van der Waals surface area contributed by atoms with Crippen LogP contribution in [0.1, 0.15) is 49.6 Å². The van der Waals surface area contributed by atoms with Crippen LogP contribution in [0.5, 0.6) is 0 Å². The Morgan fingerprint density at radius 3 is 2.47 bits per heavy atom. The third kappa shape index (κ3) is 3.32. The topological polar surface area (TPSA) is 25.8 Å². The Kier molecular flexibility index (Phi) is 4.54. The van der Waals surface area contributed by atoms with Crippen LogP contribution in [-0.2, 0) is 6.42 Å².